The fraction of sp³-hybridized carbons (Fsp3) is 1.00. The summed E-state index contributed by atoms with van der Waals surface area (Å²) in [5.41, 5.74) is 5.93. The Morgan fingerprint density at radius 3 is 2.50 bits per heavy atom. The fourth-order valence-electron chi connectivity index (χ4n) is 1.99. The molecule has 1 rings (SSSR count). The summed E-state index contributed by atoms with van der Waals surface area (Å²) in [5, 5.41) is 0. The maximum Gasteiger partial charge on any atom is 0.0658 e. The maximum absolute atomic E-state index is 5.88. The van der Waals surface area contributed by atoms with Gasteiger partial charge in [0.2, 0.25) is 0 Å². The lowest BCUT2D eigenvalue weighted by Gasteiger charge is -2.40. The summed E-state index contributed by atoms with van der Waals surface area (Å²) in [4.78, 5) is 2.40. The highest BCUT2D eigenvalue weighted by Gasteiger charge is 2.34. The van der Waals surface area contributed by atoms with Crippen molar-refractivity contribution >= 4 is 0 Å². The first kappa shape index (κ1) is 12.0. The summed E-state index contributed by atoms with van der Waals surface area (Å²) in [6.07, 6.45) is 3.84. The molecule has 1 saturated carbocycles. The summed E-state index contributed by atoms with van der Waals surface area (Å²) < 4.78 is 5.29. The van der Waals surface area contributed by atoms with Crippen LogP contribution < -0.4 is 5.73 Å². The number of likely N-dealkylation sites (N-methyl/N-ethyl adjacent to an activating group) is 1. The molecular weight excluding hydrogens is 176 g/mol. The van der Waals surface area contributed by atoms with E-state index in [0.29, 0.717) is 6.54 Å². The molecule has 3 heteroatoms. The van der Waals surface area contributed by atoms with E-state index < -0.39 is 0 Å². The summed E-state index contributed by atoms with van der Waals surface area (Å²) in [6, 6.07) is 0. The Balaban J connectivity index is 2.52. The van der Waals surface area contributed by atoms with E-state index in [1.165, 1.54) is 19.4 Å². The van der Waals surface area contributed by atoms with Crippen LogP contribution in [0, 0.1) is 5.92 Å². The van der Waals surface area contributed by atoms with Crippen molar-refractivity contribution in [3.63, 3.8) is 0 Å². The van der Waals surface area contributed by atoms with Gasteiger partial charge in [0.1, 0.15) is 0 Å². The molecular formula is C11H24N2O. The van der Waals surface area contributed by atoms with E-state index in [1.54, 1.807) is 7.11 Å². The first-order valence-electron chi connectivity index (χ1n) is 5.58. The van der Waals surface area contributed by atoms with Crippen LogP contribution in [0.4, 0.5) is 0 Å². The minimum absolute atomic E-state index is 0.0529. The first-order chi connectivity index (χ1) is 6.68. The average Bonchev–Trinajstić information content (AvgIpc) is 2.98. The van der Waals surface area contributed by atoms with Crippen molar-refractivity contribution in [1.82, 2.24) is 4.90 Å². The van der Waals surface area contributed by atoms with Gasteiger partial charge in [-0.3, -0.25) is 4.90 Å². The van der Waals surface area contributed by atoms with Gasteiger partial charge in [0.05, 0.1) is 12.1 Å². The number of hydrogen-bond acceptors (Lipinski definition) is 3. The molecule has 0 radical (unpaired) electrons. The van der Waals surface area contributed by atoms with Crippen molar-refractivity contribution in [2.24, 2.45) is 11.7 Å². The van der Waals surface area contributed by atoms with Gasteiger partial charge in [0.15, 0.2) is 0 Å². The highest BCUT2D eigenvalue weighted by Crippen LogP contribution is 2.32. The number of ether oxygens (including phenoxy) is 1. The zero-order valence-corrected chi connectivity index (χ0v) is 9.75. The van der Waals surface area contributed by atoms with Crippen LogP contribution in [-0.2, 0) is 4.74 Å². The number of hydrogen-bond donors (Lipinski definition) is 1. The van der Waals surface area contributed by atoms with Gasteiger partial charge in [0, 0.05) is 20.2 Å². The van der Waals surface area contributed by atoms with Gasteiger partial charge < -0.3 is 10.5 Å². The molecule has 84 valence electrons. The van der Waals surface area contributed by atoms with Crippen molar-refractivity contribution in [3.05, 3.63) is 0 Å². The molecule has 0 aliphatic heterocycles. The number of methoxy groups -OCH3 is 1. The molecule has 0 aromatic rings. The van der Waals surface area contributed by atoms with Crippen molar-refractivity contribution in [2.45, 2.75) is 31.7 Å². The Morgan fingerprint density at radius 1 is 1.50 bits per heavy atom. The number of nitrogens with two attached hydrogens (primary N) is 1. The third-order valence-corrected chi connectivity index (χ3v) is 3.49. The predicted octanol–water partition coefficient (Wildman–Crippen LogP) is 1.08. The van der Waals surface area contributed by atoms with Crippen molar-refractivity contribution < 1.29 is 4.74 Å². The SMILES string of the molecule is CCC(CN)(COC)N(C)CC1CC1. The maximum atomic E-state index is 5.88. The van der Waals surface area contributed by atoms with Crippen LogP contribution in [0.3, 0.4) is 0 Å². The van der Waals surface area contributed by atoms with Crippen LogP contribution in [0.2, 0.25) is 0 Å². The average molecular weight is 200 g/mol. The Hall–Kier alpha value is -0.120. The Morgan fingerprint density at radius 2 is 2.14 bits per heavy atom. The summed E-state index contributed by atoms with van der Waals surface area (Å²) in [5.74, 6) is 0.911. The third-order valence-electron chi connectivity index (χ3n) is 3.49. The third kappa shape index (κ3) is 2.69. The van der Waals surface area contributed by atoms with E-state index in [4.69, 9.17) is 10.5 Å². The molecule has 0 aromatic heterocycles. The standard InChI is InChI=1S/C11H24N2O/c1-4-11(8-12,9-14-3)13(2)7-10-5-6-10/h10H,4-9,12H2,1-3H3. The Bertz CT molecular complexity index is 165. The second kappa shape index (κ2) is 5.10. The second-order valence-electron chi connectivity index (χ2n) is 4.54. The molecule has 14 heavy (non-hydrogen) atoms. The molecule has 0 amide bonds. The molecule has 0 spiro atoms. The van der Waals surface area contributed by atoms with E-state index in [-0.39, 0.29) is 5.54 Å². The van der Waals surface area contributed by atoms with Gasteiger partial charge in [-0.05, 0) is 32.2 Å². The summed E-state index contributed by atoms with van der Waals surface area (Å²) >= 11 is 0. The van der Waals surface area contributed by atoms with E-state index in [1.807, 2.05) is 0 Å². The smallest absolute Gasteiger partial charge is 0.0658 e. The van der Waals surface area contributed by atoms with Crippen LogP contribution in [0.5, 0.6) is 0 Å². The lowest BCUT2D eigenvalue weighted by atomic mass is 9.95. The minimum atomic E-state index is 0.0529. The lowest BCUT2D eigenvalue weighted by Crippen LogP contribution is -2.55. The van der Waals surface area contributed by atoms with Crippen LogP contribution in [-0.4, -0.2) is 44.3 Å². The van der Waals surface area contributed by atoms with Crippen LogP contribution in [0.25, 0.3) is 0 Å². The van der Waals surface area contributed by atoms with Gasteiger partial charge in [0.25, 0.3) is 0 Å². The molecule has 2 N–H and O–H groups in total. The van der Waals surface area contributed by atoms with Crippen molar-refractivity contribution in [2.75, 3.05) is 33.9 Å². The zero-order chi connectivity index (χ0) is 10.6. The van der Waals surface area contributed by atoms with E-state index in [9.17, 15) is 0 Å². The highest BCUT2D eigenvalue weighted by atomic mass is 16.5. The number of rotatable bonds is 7. The van der Waals surface area contributed by atoms with Crippen molar-refractivity contribution in [3.8, 4) is 0 Å². The molecule has 3 nitrogen and oxygen atoms in total. The summed E-state index contributed by atoms with van der Waals surface area (Å²) in [6.45, 7) is 4.79. The lowest BCUT2D eigenvalue weighted by molar-refractivity contribution is 0.0255. The molecule has 1 aliphatic rings. The topological polar surface area (TPSA) is 38.5 Å². The largest absolute Gasteiger partial charge is 0.383 e. The summed E-state index contributed by atoms with van der Waals surface area (Å²) in [7, 11) is 3.93. The minimum Gasteiger partial charge on any atom is -0.383 e. The van der Waals surface area contributed by atoms with E-state index in [2.05, 4.69) is 18.9 Å². The molecule has 1 atom stereocenters. The first-order valence-corrected chi connectivity index (χ1v) is 5.58. The van der Waals surface area contributed by atoms with Gasteiger partial charge in [-0.1, -0.05) is 6.92 Å². The van der Waals surface area contributed by atoms with E-state index in [0.717, 1.165) is 18.9 Å². The van der Waals surface area contributed by atoms with Crippen molar-refractivity contribution in [1.29, 1.82) is 0 Å². The second-order valence-corrected chi connectivity index (χ2v) is 4.54. The van der Waals surface area contributed by atoms with Gasteiger partial charge in [-0.25, -0.2) is 0 Å². The van der Waals surface area contributed by atoms with Crippen LogP contribution in [0.1, 0.15) is 26.2 Å². The number of nitrogens with zero attached hydrogens (tertiary/aromatic N) is 1. The molecule has 0 heterocycles. The molecule has 0 aromatic carbocycles. The quantitative estimate of drug-likeness (QED) is 0.668. The zero-order valence-electron chi connectivity index (χ0n) is 9.75. The highest BCUT2D eigenvalue weighted by molar-refractivity contribution is 4.91. The molecule has 1 fully saturated rings. The van der Waals surface area contributed by atoms with E-state index >= 15 is 0 Å². The van der Waals surface area contributed by atoms with Gasteiger partial charge in [-0.2, -0.15) is 0 Å². The monoisotopic (exact) mass is 200 g/mol. The van der Waals surface area contributed by atoms with Gasteiger partial charge in [-0.15, -0.1) is 0 Å². The van der Waals surface area contributed by atoms with Gasteiger partial charge >= 0.3 is 0 Å². The molecule has 1 aliphatic carbocycles. The van der Waals surface area contributed by atoms with Crippen LogP contribution >= 0.6 is 0 Å². The Labute approximate surface area is 87.6 Å². The molecule has 0 saturated heterocycles. The molecule has 0 bridgehead atoms. The van der Waals surface area contributed by atoms with Crippen LogP contribution in [0.15, 0.2) is 0 Å². The normalized spacial score (nSPS) is 21.2. The molecule has 1 unspecified atom stereocenters. The predicted molar refractivity (Wildman–Crippen MR) is 59.3 cm³/mol. The Kier molecular flexibility index (Phi) is 4.35. The fourth-order valence-corrected chi connectivity index (χ4v) is 1.99.